The van der Waals surface area contributed by atoms with Crippen LogP contribution in [0.25, 0.3) is 0 Å². The number of halogens is 1. The van der Waals surface area contributed by atoms with Crippen LogP contribution in [0, 0.1) is 0 Å². The molecule has 1 atom stereocenters. The van der Waals surface area contributed by atoms with Gasteiger partial charge >= 0.3 is 0 Å². The average molecular weight is 261 g/mol. The smallest absolute Gasteiger partial charge is 0.233 e. The van der Waals surface area contributed by atoms with Gasteiger partial charge in [0.2, 0.25) is 5.91 Å². The standard InChI is InChI=1S/C11H17ClN2OS/c1-3-6-13-11(15)7-14-8(2)9-4-5-10(12)16-9/h4-5,8,14H,3,6-7H2,1-2H3,(H,13,15). The molecule has 2 N–H and O–H groups in total. The summed E-state index contributed by atoms with van der Waals surface area (Å²) >= 11 is 7.38. The molecule has 1 amide bonds. The first-order valence-corrected chi connectivity index (χ1v) is 6.58. The van der Waals surface area contributed by atoms with Gasteiger partial charge in [0.25, 0.3) is 0 Å². The molecule has 5 heteroatoms. The van der Waals surface area contributed by atoms with Crippen molar-refractivity contribution in [3.05, 3.63) is 21.3 Å². The maximum absolute atomic E-state index is 11.3. The van der Waals surface area contributed by atoms with Crippen molar-refractivity contribution < 1.29 is 4.79 Å². The highest BCUT2D eigenvalue weighted by Crippen LogP contribution is 2.26. The van der Waals surface area contributed by atoms with Crippen LogP contribution < -0.4 is 10.6 Å². The lowest BCUT2D eigenvalue weighted by atomic mass is 10.3. The van der Waals surface area contributed by atoms with E-state index in [4.69, 9.17) is 11.6 Å². The number of rotatable bonds is 6. The molecule has 0 fully saturated rings. The Bertz CT molecular complexity index is 340. The number of carbonyl (C=O) groups is 1. The molecule has 0 aliphatic rings. The molecule has 16 heavy (non-hydrogen) atoms. The molecule has 0 spiro atoms. The van der Waals surface area contributed by atoms with Crippen LogP contribution in [0.5, 0.6) is 0 Å². The van der Waals surface area contributed by atoms with Gasteiger partial charge in [-0.25, -0.2) is 0 Å². The fourth-order valence-corrected chi connectivity index (χ4v) is 2.32. The lowest BCUT2D eigenvalue weighted by Crippen LogP contribution is -2.35. The number of thiophene rings is 1. The van der Waals surface area contributed by atoms with E-state index in [1.807, 2.05) is 26.0 Å². The largest absolute Gasteiger partial charge is 0.355 e. The molecule has 0 radical (unpaired) electrons. The average Bonchev–Trinajstić information content (AvgIpc) is 2.69. The van der Waals surface area contributed by atoms with Gasteiger partial charge in [0, 0.05) is 17.5 Å². The maximum Gasteiger partial charge on any atom is 0.233 e. The summed E-state index contributed by atoms with van der Waals surface area (Å²) in [5, 5.41) is 5.98. The second-order valence-electron chi connectivity index (χ2n) is 3.59. The van der Waals surface area contributed by atoms with Gasteiger partial charge in [-0.3, -0.25) is 4.79 Å². The fraction of sp³-hybridized carbons (Fsp3) is 0.545. The molecule has 0 bridgehead atoms. The molecule has 1 heterocycles. The van der Waals surface area contributed by atoms with Crippen molar-refractivity contribution in [3.63, 3.8) is 0 Å². The normalized spacial score (nSPS) is 12.4. The first kappa shape index (κ1) is 13.5. The third kappa shape index (κ3) is 4.51. The predicted octanol–water partition coefficient (Wildman–Crippen LogP) is 2.58. The zero-order chi connectivity index (χ0) is 12.0. The van der Waals surface area contributed by atoms with Crippen molar-refractivity contribution in [1.82, 2.24) is 10.6 Å². The van der Waals surface area contributed by atoms with Crippen LogP contribution in [0.15, 0.2) is 12.1 Å². The summed E-state index contributed by atoms with van der Waals surface area (Å²) in [6.07, 6.45) is 0.960. The number of nitrogens with one attached hydrogen (secondary N) is 2. The summed E-state index contributed by atoms with van der Waals surface area (Å²) in [6, 6.07) is 4.01. The van der Waals surface area contributed by atoms with Gasteiger partial charge in [-0.15, -0.1) is 11.3 Å². The number of hydrogen-bond donors (Lipinski definition) is 2. The maximum atomic E-state index is 11.3. The summed E-state index contributed by atoms with van der Waals surface area (Å²) in [7, 11) is 0. The molecule has 3 nitrogen and oxygen atoms in total. The van der Waals surface area contributed by atoms with Gasteiger partial charge < -0.3 is 10.6 Å². The van der Waals surface area contributed by atoms with E-state index >= 15 is 0 Å². The molecule has 0 saturated heterocycles. The molecule has 0 aromatic carbocycles. The summed E-state index contributed by atoms with van der Waals surface area (Å²) in [6.45, 7) is 5.13. The van der Waals surface area contributed by atoms with Crippen LogP contribution in [-0.2, 0) is 4.79 Å². The Kier molecular flexibility index (Phi) is 5.80. The van der Waals surface area contributed by atoms with Gasteiger partial charge in [-0.2, -0.15) is 0 Å². The van der Waals surface area contributed by atoms with Crippen LogP contribution >= 0.6 is 22.9 Å². The molecule has 1 unspecified atom stereocenters. The highest BCUT2D eigenvalue weighted by molar-refractivity contribution is 7.16. The van der Waals surface area contributed by atoms with Crippen LogP contribution in [0.3, 0.4) is 0 Å². The Morgan fingerprint density at radius 3 is 2.88 bits per heavy atom. The number of amides is 1. The van der Waals surface area contributed by atoms with E-state index in [1.54, 1.807) is 0 Å². The minimum absolute atomic E-state index is 0.0383. The van der Waals surface area contributed by atoms with Crippen molar-refractivity contribution in [2.45, 2.75) is 26.3 Å². The second-order valence-corrected chi connectivity index (χ2v) is 5.34. The molecule has 1 rings (SSSR count). The first-order valence-electron chi connectivity index (χ1n) is 5.38. The monoisotopic (exact) mass is 260 g/mol. The van der Waals surface area contributed by atoms with Crippen LogP contribution in [-0.4, -0.2) is 19.0 Å². The topological polar surface area (TPSA) is 41.1 Å². The van der Waals surface area contributed by atoms with E-state index in [1.165, 1.54) is 11.3 Å². The Morgan fingerprint density at radius 1 is 1.56 bits per heavy atom. The summed E-state index contributed by atoms with van der Waals surface area (Å²) in [4.78, 5) is 12.5. The van der Waals surface area contributed by atoms with Crippen molar-refractivity contribution in [2.75, 3.05) is 13.1 Å². The van der Waals surface area contributed by atoms with Crippen LogP contribution in [0.2, 0.25) is 4.34 Å². The quantitative estimate of drug-likeness (QED) is 0.826. The van der Waals surface area contributed by atoms with Crippen molar-refractivity contribution in [3.8, 4) is 0 Å². The Balaban J connectivity index is 2.29. The molecular weight excluding hydrogens is 244 g/mol. The molecule has 1 aromatic rings. The number of carbonyl (C=O) groups excluding carboxylic acids is 1. The summed E-state index contributed by atoms with van der Waals surface area (Å²) in [5.41, 5.74) is 0. The fourth-order valence-electron chi connectivity index (χ4n) is 1.23. The number of hydrogen-bond acceptors (Lipinski definition) is 3. The highest BCUT2D eigenvalue weighted by Gasteiger charge is 2.09. The van der Waals surface area contributed by atoms with E-state index < -0.39 is 0 Å². The van der Waals surface area contributed by atoms with Crippen molar-refractivity contribution in [2.24, 2.45) is 0 Å². The highest BCUT2D eigenvalue weighted by atomic mass is 35.5. The van der Waals surface area contributed by atoms with Gasteiger partial charge in [0.05, 0.1) is 10.9 Å². The summed E-state index contributed by atoms with van der Waals surface area (Å²) in [5.74, 6) is 0.0383. The van der Waals surface area contributed by atoms with E-state index in [0.29, 0.717) is 6.54 Å². The molecule has 0 aliphatic carbocycles. The summed E-state index contributed by atoms with van der Waals surface area (Å²) < 4.78 is 0.777. The minimum Gasteiger partial charge on any atom is -0.355 e. The van der Waals surface area contributed by atoms with Crippen molar-refractivity contribution in [1.29, 1.82) is 0 Å². The zero-order valence-corrected chi connectivity index (χ0v) is 11.1. The Morgan fingerprint density at radius 2 is 2.31 bits per heavy atom. The SMILES string of the molecule is CCCNC(=O)CNC(C)c1ccc(Cl)s1. The lowest BCUT2D eigenvalue weighted by Gasteiger charge is -2.11. The van der Waals surface area contributed by atoms with Crippen LogP contribution in [0.4, 0.5) is 0 Å². The van der Waals surface area contributed by atoms with Gasteiger partial charge in [-0.1, -0.05) is 18.5 Å². The van der Waals surface area contributed by atoms with Gasteiger partial charge in [0.15, 0.2) is 0 Å². The lowest BCUT2D eigenvalue weighted by molar-refractivity contribution is -0.120. The van der Waals surface area contributed by atoms with Gasteiger partial charge in [-0.05, 0) is 25.5 Å². The molecular formula is C11H17ClN2OS. The van der Waals surface area contributed by atoms with Gasteiger partial charge in [0.1, 0.15) is 0 Å². The zero-order valence-electron chi connectivity index (χ0n) is 9.55. The van der Waals surface area contributed by atoms with E-state index in [-0.39, 0.29) is 11.9 Å². The van der Waals surface area contributed by atoms with Crippen molar-refractivity contribution >= 4 is 28.8 Å². The molecule has 1 aromatic heterocycles. The van der Waals surface area contributed by atoms with E-state index in [2.05, 4.69) is 10.6 Å². The van der Waals surface area contributed by atoms with E-state index in [0.717, 1.165) is 22.2 Å². The second kappa shape index (κ2) is 6.89. The molecule has 0 saturated carbocycles. The third-order valence-corrected chi connectivity index (χ3v) is 3.58. The third-order valence-electron chi connectivity index (χ3n) is 2.16. The van der Waals surface area contributed by atoms with E-state index in [9.17, 15) is 4.79 Å². The molecule has 0 aliphatic heterocycles. The first-order chi connectivity index (χ1) is 7.63. The molecule has 90 valence electrons. The van der Waals surface area contributed by atoms with Crippen LogP contribution in [0.1, 0.15) is 31.2 Å². The predicted molar refractivity (Wildman–Crippen MR) is 69.0 cm³/mol. The Labute approximate surface area is 105 Å². The Hall–Kier alpha value is -0.580. The minimum atomic E-state index is 0.0383.